The Labute approximate surface area is 105 Å². The molecule has 1 aliphatic carbocycles. The summed E-state index contributed by atoms with van der Waals surface area (Å²) < 4.78 is 5.64. The van der Waals surface area contributed by atoms with Gasteiger partial charge in [0.05, 0.1) is 0 Å². The van der Waals surface area contributed by atoms with Crippen LogP contribution in [0.5, 0.6) is 0 Å². The van der Waals surface area contributed by atoms with E-state index in [0.717, 1.165) is 34.7 Å². The minimum atomic E-state index is 0.789. The smallest absolute Gasteiger partial charge is 0.256 e. The van der Waals surface area contributed by atoms with Crippen LogP contribution >= 0.6 is 11.8 Å². The number of fused-ring (bicyclic) bond motifs is 1. The van der Waals surface area contributed by atoms with Crippen LogP contribution in [0.25, 0.3) is 11.1 Å². The lowest BCUT2D eigenvalue weighted by Gasteiger charge is -2.00. The average molecular weight is 248 g/mol. The third-order valence-corrected chi connectivity index (χ3v) is 3.75. The molecule has 0 saturated heterocycles. The first-order chi connectivity index (χ1) is 8.42. The zero-order valence-electron chi connectivity index (χ0n) is 9.69. The zero-order valence-corrected chi connectivity index (χ0v) is 10.5. The molecule has 3 rings (SSSR count). The van der Waals surface area contributed by atoms with Crippen molar-refractivity contribution in [3.63, 3.8) is 0 Å². The van der Waals surface area contributed by atoms with Gasteiger partial charge in [-0.1, -0.05) is 23.9 Å². The van der Waals surface area contributed by atoms with E-state index in [-0.39, 0.29) is 0 Å². The first-order valence-corrected chi connectivity index (χ1v) is 7.12. The summed E-state index contributed by atoms with van der Waals surface area (Å²) in [6.45, 7) is 1.11. The summed E-state index contributed by atoms with van der Waals surface area (Å²) in [7, 11) is 0. The monoisotopic (exact) mass is 248 g/mol. The van der Waals surface area contributed by atoms with Crippen molar-refractivity contribution >= 4 is 22.9 Å². The molecule has 1 aromatic carbocycles. The van der Waals surface area contributed by atoms with Crippen LogP contribution in [0.15, 0.2) is 33.9 Å². The molecule has 3 nitrogen and oxygen atoms in total. The van der Waals surface area contributed by atoms with Gasteiger partial charge in [-0.15, -0.1) is 0 Å². The molecule has 0 unspecified atom stereocenters. The topological polar surface area (TPSA) is 38.1 Å². The van der Waals surface area contributed by atoms with Crippen LogP contribution in [-0.2, 0) is 0 Å². The number of hydrogen-bond donors (Lipinski definition) is 1. The molecule has 1 aliphatic rings. The Morgan fingerprint density at radius 3 is 3.06 bits per heavy atom. The summed E-state index contributed by atoms with van der Waals surface area (Å²) in [5.74, 6) is 1.06. The predicted molar refractivity (Wildman–Crippen MR) is 70.4 cm³/mol. The van der Waals surface area contributed by atoms with Crippen LogP contribution in [0.3, 0.4) is 0 Å². The first kappa shape index (κ1) is 11.1. The molecule has 2 aromatic rings. The van der Waals surface area contributed by atoms with Crippen molar-refractivity contribution in [2.75, 3.05) is 12.3 Å². The second-order valence-electron chi connectivity index (χ2n) is 4.38. The molecular weight excluding hydrogens is 232 g/mol. The van der Waals surface area contributed by atoms with Crippen molar-refractivity contribution in [1.82, 2.24) is 10.3 Å². The number of nitrogens with one attached hydrogen (secondary N) is 1. The summed E-state index contributed by atoms with van der Waals surface area (Å²) in [6, 6.07) is 8.71. The van der Waals surface area contributed by atoms with Gasteiger partial charge in [-0.2, -0.15) is 0 Å². The van der Waals surface area contributed by atoms with E-state index in [9.17, 15) is 0 Å². The normalized spacial score (nSPS) is 15.5. The van der Waals surface area contributed by atoms with Crippen molar-refractivity contribution in [3.8, 4) is 0 Å². The highest BCUT2D eigenvalue weighted by Crippen LogP contribution is 2.23. The quantitative estimate of drug-likeness (QED) is 0.630. The minimum absolute atomic E-state index is 0.789. The Kier molecular flexibility index (Phi) is 3.34. The molecule has 1 fully saturated rings. The fourth-order valence-corrected chi connectivity index (χ4v) is 2.51. The van der Waals surface area contributed by atoms with E-state index in [1.54, 1.807) is 11.8 Å². The molecule has 4 heteroatoms. The molecule has 1 N–H and O–H groups in total. The fraction of sp³-hybridized carbons (Fsp3) is 0.462. The highest BCUT2D eigenvalue weighted by Gasteiger charge is 2.19. The molecule has 0 amide bonds. The number of benzene rings is 1. The number of oxazole rings is 1. The van der Waals surface area contributed by atoms with Crippen LogP contribution in [0.2, 0.25) is 0 Å². The SMILES string of the molecule is c1ccc2oc(SCCCNC3CC3)nc2c1. The van der Waals surface area contributed by atoms with Crippen LogP contribution in [0.4, 0.5) is 0 Å². The Bertz CT molecular complexity index is 460. The molecule has 1 saturated carbocycles. The zero-order chi connectivity index (χ0) is 11.5. The van der Waals surface area contributed by atoms with Gasteiger partial charge in [-0.25, -0.2) is 4.98 Å². The largest absolute Gasteiger partial charge is 0.431 e. The highest BCUT2D eigenvalue weighted by atomic mass is 32.2. The Balaban J connectivity index is 1.46. The molecule has 0 bridgehead atoms. The number of thioether (sulfide) groups is 1. The second-order valence-corrected chi connectivity index (χ2v) is 5.42. The van der Waals surface area contributed by atoms with Crippen molar-refractivity contribution in [1.29, 1.82) is 0 Å². The molecule has 1 heterocycles. The lowest BCUT2D eigenvalue weighted by molar-refractivity contribution is 0.489. The molecule has 0 spiro atoms. The van der Waals surface area contributed by atoms with Crippen molar-refractivity contribution in [3.05, 3.63) is 24.3 Å². The van der Waals surface area contributed by atoms with Crippen molar-refractivity contribution < 1.29 is 4.42 Å². The summed E-state index contributed by atoms with van der Waals surface area (Å²) in [4.78, 5) is 4.43. The van der Waals surface area contributed by atoms with Crippen molar-refractivity contribution in [2.45, 2.75) is 30.5 Å². The minimum Gasteiger partial charge on any atom is -0.431 e. The van der Waals surface area contributed by atoms with Gasteiger partial charge < -0.3 is 9.73 Å². The van der Waals surface area contributed by atoms with E-state index in [1.165, 1.54) is 19.3 Å². The van der Waals surface area contributed by atoms with E-state index < -0.39 is 0 Å². The molecular formula is C13H16N2OS. The maximum absolute atomic E-state index is 5.64. The lowest BCUT2D eigenvalue weighted by Crippen LogP contribution is -2.17. The standard InChI is InChI=1S/C13H16N2OS/c1-2-5-12-11(4-1)15-13(16-12)17-9-3-8-14-10-6-7-10/h1-2,4-5,10,14H,3,6-9H2. The van der Waals surface area contributed by atoms with Crippen LogP contribution in [0.1, 0.15) is 19.3 Å². The van der Waals surface area contributed by atoms with Crippen LogP contribution in [-0.4, -0.2) is 23.3 Å². The van der Waals surface area contributed by atoms with Crippen LogP contribution < -0.4 is 5.32 Å². The van der Waals surface area contributed by atoms with E-state index in [2.05, 4.69) is 10.3 Å². The van der Waals surface area contributed by atoms with E-state index in [4.69, 9.17) is 4.42 Å². The fourth-order valence-electron chi connectivity index (χ4n) is 1.74. The van der Waals surface area contributed by atoms with E-state index >= 15 is 0 Å². The molecule has 90 valence electrons. The Morgan fingerprint density at radius 2 is 2.24 bits per heavy atom. The van der Waals surface area contributed by atoms with Gasteiger partial charge in [-0.3, -0.25) is 0 Å². The summed E-state index contributed by atoms with van der Waals surface area (Å²) in [5.41, 5.74) is 1.83. The Morgan fingerprint density at radius 1 is 1.35 bits per heavy atom. The van der Waals surface area contributed by atoms with Gasteiger partial charge in [-0.05, 0) is 37.9 Å². The van der Waals surface area contributed by atoms with E-state index in [1.807, 2.05) is 24.3 Å². The molecule has 0 aliphatic heterocycles. The summed E-state index contributed by atoms with van der Waals surface area (Å²) in [6.07, 6.45) is 3.89. The number of nitrogens with zero attached hydrogens (tertiary/aromatic N) is 1. The summed E-state index contributed by atoms with van der Waals surface area (Å²) in [5, 5.41) is 4.29. The average Bonchev–Trinajstić information content (AvgIpc) is 3.07. The molecule has 0 radical (unpaired) electrons. The van der Waals surface area contributed by atoms with Gasteiger partial charge in [0, 0.05) is 11.8 Å². The maximum atomic E-state index is 5.64. The highest BCUT2D eigenvalue weighted by molar-refractivity contribution is 7.99. The number of aromatic nitrogens is 1. The first-order valence-electron chi connectivity index (χ1n) is 6.13. The third kappa shape index (κ3) is 3.01. The Hall–Kier alpha value is -1.00. The predicted octanol–water partition coefficient (Wildman–Crippen LogP) is 3.06. The number of para-hydroxylation sites is 2. The van der Waals surface area contributed by atoms with Gasteiger partial charge in [0.2, 0.25) is 0 Å². The molecule has 0 atom stereocenters. The van der Waals surface area contributed by atoms with Gasteiger partial charge in [0.25, 0.3) is 5.22 Å². The van der Waals surface area contributed by atoms with Gasteiger partial charge in [0.15, 0.2) is 5.58 Å². The summed E-state index contributed by atoms with van der Waals surface area (Å²) >= 11 is 1.70. The van der Waals surface area contributed by atoms with Gasteiger partial charge >= 0.3 is 0 Å². The van der Waals surface area contributed by atoms with Crippen LogP contribution in [0, 0.1) is 0 Å². The van der Waals surface area contributed by atoms with Gasteiger partial charge in [0.1, 0.15) is 5.52 Å². The molecule has 17 heavy (non-hydrogen) atoms. The molecule has 1 aromatic heterocycles. The number of hydrogen-bond acceptors (Lipinski definition) is 4. The number of rotatable bonds is 6. The third-order valence-electron chi connectivity index (χ3n) is 2.83. The second kappa shape index (κ2) is 5.10. The van der Waals surface area contributed by atoms with E-state index in [0.29, 0.717) is 0 Å². The van der Waals surface area contributed by atoms with Crippen molar-refractivity contribution in [2.24, 2.45) is 0 Å². The maximum Gasteiger partial charge on any atom is 0.256 e. The lowest BCUT2D eigenvalue weighted by atomic mass is 10.3.